The van der Waals surface area contributed by atoms with Crippen LogP contribution >= 0.6 is 0 Å². The molecule has 0 aliphatic rings. The minimum absolute atomic E-state index is 0.120. The van der Waals surface area contributed by atoms with Crippen molar-refractivity contribution in [2.75, 3.05) is 14.1 Å². The number of likely N-dealkylation sites (N-methyl/N-ethyl adjacent to an activating group) is 1. The van der Waals surface area contributed by atoms with E-state index in [0.717, 1.165) is 0 Å². The van der Waals surface area contributed by atoms with E-state index >= 15 is 0 Å². The molecule has 5 nitrogen and oxygen atoms in total. The van der Waals surface area contributed by atoms with Crippen LogP contribution in [0.2, 0.25) is 0 Å². The van der Waals surface area contributed by atoms with E-state index in [1.165, 1.54) is 4.90 Å². The smallest absolute Gasteiger partial charge is 0.251 e. The molecule has 1 rings (SSSR count). The van der Waals surface area contributed by atoms with Gasteiger partial charge in [-0.25, -0.2) is 0 Å². The van der Waals surface area contributed by atoms with Crippen molar-refractivity contribution in [1.82, 2.24) is 10.2 Å². The normalized spacial score (nSPS) is 11.6. The number of nitrogens with zero attached hydrogens (tertiary/aromatic N) is 2. The van der Waals surface area contributed by atoms with E-state index in [9.17, 15) is 9.59 Å². The van der Waals surface area contributed by atoms with E-state index in [-0.39, 0.29) is 11.8 Å². The number of nitrogens with one attached hydrogen (secondary N) is 1. The van der Waals surface area contributed by atoms with Gasteiger partial charge in [0.15, 0.2) is 0 Å². The summed E-state index contributed by atoms with van der Waals surface area (Å²) in [6, 6.07) is 7.80. The second kappa shape index (κ2) is 7.44. The van der Waals surface area contributed by atoms with Crippen molar-refractivity contribution in [3.8, 4) is 6.07 Å². The highest BCUT2D eigenvalue weighted by Crippen LogP contribution is 2.09. The van der Waals surface area contributed by atoms with Crippen molar-refractivity contribution in [3.05, 3.63) is 35.4 Å². The lowest BCUT2D eigenvalue weighted by atomic mass is 10.0. The van der Waals surface area contributed by atoms with Crippen LogP contribution < -0.4 is 5.32 Å². The van der Waals surface area contributed by atoms with Gasteiger partial charge in [0.1, 0.15) is 6.04 Å². The fraction of sp³-hybridized carbons (Fsp3) is 0.438. The maximum absolute atomic E-state index is 12.2. The summed E-state index contributed by atoms with van der Waals surface area (Å²) in [6.45, 7) is 4.01. The van der Waals surface area contributed by atoms with Crippen LogP contribution in [-0.4, -0.2) is 36.9 Å². The van der Waals surface area contributed by atoms with Crippen LogP contribution in [0.25, 0.3) is 0 Å². The molecule has 0 heterocycles. The van der Waals surface area contributed by atoms with Gasteiger partial charge in [0.2, 0.25) is 5.91 Å². The van der Waals surface area contributed by atoms with E-state index in [4.69, 9.17) is 5.26 Å². The van der Waals surface area contributed by atoms with Gasteiger partial charge in [-0.15, -0.1) is 0 Å². The minimum Gasteiger partial charge on any atom is -0.347 e. The summed E-state index contributed by atoms with van der Waals surface area (Å²) in [7, 11) is 3.34. The molecule has 0 bridgehead atoms. The molecular weight excluding hydrogens is 266 g/mol. The summed E-state index contributed by atoms with van der Waals surface area (Å²) in [5.41, 5.74) is 0.934. The lowest BCUT2D eigenvalue weighted by molar-refractivity contribution is -0.131. The number of carbonyl (C=O) groups is 2. The maximum atomic E-state index is 12.2. The van der Waals surface area contributed by atoms with Crippen LogP contribution in [0.15, 0.2) is 24.3 Å². The third kappa shape index (κ3) is 4.92. The Morgan fingerprint density at radius 1 is 1.24 bits per heavy atom. The molecule has 112 valence electrons. The first kappa shape index (κ1) is 16.7. The van der Waals surface area contributed by atoms with E-state index in [1.54, 1.807) is 38.4 Å². The Bertz CT molecular complexity index is 542. The number of hydrogen-bond acceptors (Lipinski definition) is 3. The number of benzene rings is 1. The molecule has 0 aromatic heterocycles. The molecule has 0 fully saturated rings. The molecule has 0 aliphatic carbocycles. The Morgan fingerprint density at radius 3 is 2.24 bits per heavy atom. The van der Waals surface area contributed by atoms with Gasteiger partial charge >= 0.3 is 0 Å². The SMILES string of the molecule is CC(C)C[C@@H](NC(=O)c1ccc(C#N)cc1)C(=O)N(C)C. The lowest BCUT2D eigenvalue weighted by Gasteiger charge is -2.23. The van der Waals surface area contributed by atoms with Crippen LogP contribution in [0.5, 0.6) is 0 Å². The second-order valence-electron chi connectivity index (χ2n) is 5.58. The third-order valence-corrected chi connectivity index (χ3v) is 3.03. The molecule has 2 amide bonds. The van der Waals surface area contributed by atoms with Gasteiger partial charge in [-0.3, -0.25) is 9.59 Å². The minimum atomic E-state index is -0.539. The number of hydrogen-bond donors (Lipinski definition) is 1. The average Bonchev–Trinajstić information content (AvgIpc) is 2.45. The molecule has 0 saturated heterocycles. The molecular formula is C16H21N3O2. The topological polar surface area (TPSA) is 73.2 Å². The van der Waals surface area contributed by atoms with Gasteiger partial charge in [0, 0.05) is 19.7 Å². The Hall–Kier alpha value is -2.35. The van der Waals surface area contributed by atoms with Gasteiger partial charge < -0.3 is 10.2 Å². The summed E-state index contributed by atoms with van der Waals surface area (Å²) >= 11 is 0. The predicted molar refractivity (Wildman–Crippen MR) is 80.6 cm³/mol. The summed E-state index contributed by atoms with van der Waals surface area (Å²) in [5, 5.41) is 11.5. The van der Waals surface area contributed by atoms with Crippen molar-refractivity contribution in [1.29, 1.82) is 5.26 Å². The number of carbonyl (C=O) groups excluding carboxylic acids is 2. The summed E-state index contributed by atoms with van der Waals surface area (Å²) in [4.78, 5) is 25.8. The van der Waals surface area contributed by atoms with E-state index in [2.05, 4.69) is 5.32 Å². The zero-order valence-electron chi connectivity index (χ0n) is 12.9. The first-order chi connectivity index (χ1) is 9.85. The van der Waals surface area contributed by atoms with Crippen molar-refractivity contribution in [2.45, 2.75) is 26.3 Å². The summed E-state index contributed by atoms with van der Waals surface area (Å²) < 4.78 is 0. The van der Waals surface area contributed by atoms with Gasteiger partial charge in [0.05, 0.1) is 11.6 Å². The lowest BCUT2D eigenvalue weighted by Crippen LogP contribution is -2.46. The standard InChI is InChI=1S/C16H21N3O2/c1-11(2)9-14(16(21)19(3)4)18-15(20)13-7-5-12(10-17)6-8-13/h5-8,11,14H,9H2,1-4H3,(H,18,20)/t14-/m1/s1. The summed E-state index contributed by atoms with van der Waals surface area (Å²) in [5.74, 6) is -0.133. The molecule has 1 atom stereocenters. The van der Waals surface area contributed by atoms with Crippen LogP contribution in [-0.2, 0) is 4.79 Å². The third-order valence-electron chi connectivity index (χ3n) is 3.03. The average molecular weight is 287 g/mol. The van der Waals surface area contributed by atoms with Gasteiger partial charge in [0.25, 0.3) is 5.91 Å². The second-order valence-corrected chi connectivity index (χ2v) is 5.58. The van der Waals surface area contributed by atoms with Crippen LogP contribution in [0, 0.1) is 17.2 Å². The molecule has 1 aromatic carbocycles. The van der Waals surface area contributed by atoms with Crippen LogP contribution in [0.4, 0.5) is 0 Å². The van der Waals surface area contributed by atoms with E-state index < -0.39 is 6.04 Å². The van der Waals surface area contributed by atoms with Crippen molar-refractivity contribution < 1.29 is 9.59 Å². The first-order valence-corrected chi connectivity index (χ1v) is 6.87. The fourth-order valence-electron chi connectivity index (χ4n) is 1.94. The zero-order chi connectivity index (χ0) is 16.0. The molecule has 1 N–H and O–H groups in total. The number of amides is 2. The largest absolute Gasteiger partial charge is 0.347 e. The highest BCUT2D eigenvalue weighted by atomic mass is 16.2. The van der Waals surface area contributed by atoms with Gasteiger partial charge in [-0.2, -0.15) is 5.26 Å². The highest BCUT2D eigenvalue weighted by Gasteiger charge is 2.23. The van der Waals surface area contributed by atoms with Crippen LogP contribution in [0.1, 0.15) is 36.2 Å². The molecule has 5 heteroatoms. The first-order valence-electron chi connectivity index (χ1n) is 6.87. The Labute approximate surface area is 125 Å². The molecule has 0 unspecified atom stereocenters. The quantitative estimate of drug-likeness (QED) is 0.897. The zero-order valence-corrected chi connectivity index (χ0v) is 12.9. The highest BCUT2D eigenvalue weighted by molar-refractivity contribution is 5.97. The molecule has 21 heavy (non-hydrogen) atoms. The van der Waals surface area contributed by atoms with Crippen molar-refractivity contribution in [2.24, 2.45) is 5.92 Å². The van der Waals surface area contributed by atoms with Gasteiger partial charge in [-0.1, -0.05) is 13.8 Å². The fourth-order valence-corrected chi connectivity index (χ4v) is 1.94. The predicted octanol–water partition coefficient (Wildman–Crippen LogP) is 1.79. The number of rotatable bonds is 5. The monoisotopic (exact) mass is 287 g/mol. The molecule has 0 aliphatic heterocycles. The van der Waals surface area contributed by atoms with Crippen LogP contribution in [0.3, 0.4) is 0 Å². The number of nitriles is 1. The Morgan fingerprint density at radius 2 is 1.81 bits per heavy atom. The maximum Gasteiger partial charge on any atom is 0.251 e. The van der Waals surface area contributed by atoms with E-state index in [0.29, 0.717) is 23.5 Å². The molecule has 0 radical (unpaired) electrons. The Kier molecular flexibility index (Phi) is 5.92. The Balaban J connectivity index is 2.84. The molecule has 1 aromatic rings. The van der Waals surface area contributed by atoms with Gasteiger partial charge in [-0.05, 0) is 36.6 Å². The van der Waals surface area contributed by atoms with E-state index in [1.807, 2.05) is 19.9 Å². The molecule has 0 spiro atoms. The summed E-state index contributed by atoms with van der Waals surface area (Å²) in [6.07, 6.45) is 0.582. The molecule has 0 saturated carbocycles. The van der Waals surface area contributed by atoms with Crippen molar-refractivity contribution >= 4 is 11.8 Å². The van der Waals surface area contributed by atoms with Crippen molar-refractivity contribution in [3.63, 3.8) is 0 Å².